The van der Waals surface area contributed by atoms with Crippen LogP contribution in [0.3, 0.4) is 0 Å². The van der Waals surface area contributed by atoms with Crippen LogP contribution >= 0.6 is 11.3 Å². The van der Waals surface area contributed by atoms with E-state index in [4.69, 9.17) is 4.74 Å². The predicted octanol–water partition coefficient (Wildman–Crippen LogP) is 2.91. The fraction of sp³-hybridized carbons (Fsp3) is 0.167. The molecule has 0 saturated heterocycles. The van der Waals surface area contributed by atoms with Crippen molar-refractivity contribution in [2.24, 2.45) is 0 Å². The van der Waals surface area contributed by atoms with Crippen LogP contribution in [-0.2, 0) is 0 Å². The Bertz CT molecular complexity index is 688. The zero-order valence-electron chi connectivity index (χ0n) is 9.85. The largest absolute Gasteiger partial charge is 0.494 e. The van der Waals surface area contributed by atoms with Crippen molar-refractivity contribution in [2.45, 2.75) is 6.92 Å². The molecule has 2 heterocycles. The van der Waals surface area contributed by atoms with E-state index in [0.717, 1.165) is 21.2 Å². The molecule has 0 spiro atoms. The van der Waals surface area contributed by atoms with E-state index in [1.165, 1.54) is 24.5 Å². The first kappa shape index (κ1) is 11.2. The highest BCUT2D eigenvalue weighted by molar-refractivity contribution is 7.16. The number of benzene rings is 1. The van der Waals surface area contributed by atoms with Crippen molar-refractivity contribution in [1.82, 2.24) is 14.6 Å². The quantitative estimate of drug-likeness (QED) is 0.713. The molecule has 0 N–H and O–H groups in total. The third-order valence-corrected chi connectivity index (χ3v) is 3.43. The summed E-state index contributed by atoms with van der Waals surface area (Å²) in [5, 5.41) is 5.25. The van der Waals surface area contributed by atoms with Crippen molar-refractivity contribution < 1.29 is 9.13 Å². The van der Waals surface area contributed by atoms with Crippen LogP contribution in [0.4, 0.5) is 4.39 Å². The van der Waals surface area contributed by atoms with Crippen LogP contribution in [0.2, 0.25) is 0 Å². The third-order valence-electron chi connectivity index (χ3n) is 2.59. The summed E-state index contributed by atoms with van der Waals surface area (Å²) in [5.41, 5.74) is 1.57. The number of halogens is 1. The number of hydrogen-bond donors (Lipinski definition) is 0. The molecule has 0 aliphatic carbocycles. The highest BCUT2D eigenvalue weighted by Gasteiger charge is 2.10. The highest BCUT2D eigenvalue weighted by Crippen LogP contribution is 2.27. The lowest BCUT2D eigenvalue weighted by Gasteiger charge is -2.03. The van der Waals surface area contributed by atoms with Gasteiger partial charge in [0.2, 0.25) is 4.96 Å². The molecule has 0 atom stereocenters. The number of methoxy groups -OCH3 is 1. The van der Waals surface area contributed by atoms with Crippen LogP contribution < -0.4 is 4.74 Å². The number of rotatable bonds is 2. The number of fused-ring (bicyclic) bond motifs is 1. The fourth-order valence-corrected chi connectivity index (χ4v) is 2.48. The van der Waals surface area contributed by atoms with Crippen molar-refractivity contribution in [2.75, 3.05) is 7.11 Å². The molecular weight excluding hydrogens is 253 g/mol. The number of hydrogen-bond acceptors (Lipinski definition) is 4. The monoisotopic (exact) mass is 263 g/mol. The summed E-state index contributed by atoms with van der Waals surface area (Å²) in [7, 11) is 1.44. The van der Waals surface area contributed by atoms with Gasteiger partial charge in [-0.1, -0.05) is 11.3 Å². The van der Waals surface area contributed by atoms with Gasteiger partial charge in [0.25, 0.3) is 0 Å². The Morgan fingerprint density at radius 2 is 2.22 bits per heavy atom. The molecule has 6 heteroatoms. The maximum Gasteiger partial charge on any atom is 0.212 e. The average Bonchev–Trinajstić information content (AvgIpc) is 2.86. The van der Waals surface area contributed by atoms with Gasteiger partial charge in [-0.05, 0) is 25.1 Å². The molecule has 92 valence electrons. The Labute approximate surface area is 107 Å². The molecule has 3 aromatic rings. The lowest BCUT2D eigenvalue weighted by Crippen LogP contribution is -1.88. The Kier molecular flexibility index (Phi) is 2.52. The summed E-state index contributed by atoms with van der Waals surface area (Å²) in [4.78, 5) is 5.27. The summed E-state index contributed by atoms with van der Waals surface area (Å²) < 4.78 is 20.0. The summed E-state index contributed by atoms with van der Waals surface area (Å²) in [6, 6.07) is 4.69. The zero-order chi connectivity index (χ0) is 12.7. The standard InChI is InChI=1S/C12H10FN3OS/c1-7-15-16-6-10(14-12(16)18-7)8-3-4-9(13)11(5-8)17-2/h3-6H,1-2H3. The van der Waals surface area contributed by atoms with Gasteiger partial charge in [0.15, 0.2) is 11.6 Å². The Hall–Kier alpha value is -1.95. The number of nitrogens with zero attached hydrogens (tertiary/aromatic N) is 3. The van der Waals surface area contributed by atoms with Gasteiger partial charge in [0, 0.05) is 5.56 Å². The molecule has 0 amide bonds. The van der Waals surface area contributed by atoms with Gasteiger partial charge in [0.1, 0.15) is 5.01 Å². The molecule has 2 aromatic heterocycles. The van der Waals surface area contributed by atoms with Crippen molar-refractivity contribution in [1.29, 1.82) is 0 Å². The van der Waals surface area contributed by atoms with E-state index in [1.54, 1.807) is 16.6 Å². The van der Waals surface area contributed by atoms with Gasteiger partial charge >= 0.3 is 0 Å². The molecule has 0 aliphatic rings. The van der Waals surface area contributed by atoms with E-state index in [2.05, 4.69) is 10.1 Å². The maximum absolute atomic E-state index is 13.3. The molecule has 0 aliphatic heterocycles. The van der Waals surface area contributed by atoms with Gasteiger partial charge in [-0.2, -0.15) is 5.10 Å². The first-order valence-corrected chi connectivity index (χ1v) is 6.16. The van der Waals surface area contributed by atoms with Gasteiger partial charge in [-0.25, -0.2) is 13.9 Å². The van der Waals surface area contributed by atoms with Gasteiger partial charge in [0.05, 0.1) is 19.0 Å². The lowest BCUT2D eigenvalue weighted by atomic mass is 10.1. The molecular formula is C12H10FN3OS. The molecule has 4 nitrogen and oxygen atoms in total. The second-order valence-electron chi connectivity index (χ2n) is 3.82. The van der Waals surface area contributed by atoms with Gasteiger partial charge < -0.3 is 4.74 Å². The van der Waals surface area contributed by atoms with Crippen LogP contribution in [-0.4, -0.2) is 21.7 Å². The van der Waals surface area contributed by atoms with E-state index >= 15 is 0 Å². The summed E-state index contributed by atoms with van der Waals surface area (Å²) in [5.74, 6) is -0.163. The Morgan fingerprint density at radius 3 is 2.94 bits per heavy atom. The first-order chi connectivity index (χ1) is 8.67. The minimum Gasteiger partial charge on any atom is -0.494 e. The zero-order valence-corrected chi connectivity index (χ0v) is 10.7. The van der Waals surface area contributed by atoms with Crippen molar-refractivity contribution in [3.05, 3.63) is 35.2 Å². The molecule has 3 rings (SSSR count). The predicted molar refractivity (Wildman–Crippen MR) is 67.5 cm³/mol. The van der Waals surface area contributed by atoms with Crippen LogP contribution in [0, 0.1) is 12.7 Å². The number of aromatic nitrogens is 3. The van der Waals surface area contributed by atoms with Gasteiger partial charge in [-0.15, -0.1) is 0 Å². The van der Waals surface area contributed by atoms with E-state index < -0.39 is 0 Å². The maximum atomic E-state index is 13.3. The first-order valence-electron chi connectivity index (χ1n) is 5.34. The van der Waals surface area contributed by atoms with Crippen molar-refractivity contribution in [3.8, 4) is 17.0 Å². The molecule has 0 bridgehead atoms. The molecule has 0 radical (unpaired) electrons. The van der Waals surface area contributed by atoms with E-state index in [-0.39, 0.29) is 11.6 Å². The molecule has 18 heavy (non-hydrogen) atoms. The van der Waals surface area contributed by atoms with Crippen molar-refractivity contribution in [3.63, 3.8) is 0 Å². The average molecular weight is 263 g/mol. The SMILES string of the molecule is COc1cc(-c2cn3nc(C)sc3n2)ccc1F. The van der Waals surface area contributed by atoms with Gasteiger partial charge in [-0.3, -0.25) is 0 Å². The smallest absolute Gasteiger partial charge is 0.212 e. The number of ether oxygens (including phenoxy) is 1. The van der Waals surface area contributed by atoms with E-state index in [9.17, 15) is 4.39 Å². The topological polar surface area (TPSA) is 39.4 Å². The summed E-state index contributed by atoms with van der Waals surface area (Å²) in [6.07, 6.45) is 1.82. The van der Waals surface area contributed by atoms with Crippen LogP contribution in [0.5, 0.6) is 5.75 Å². The molecule has 0 saturated carbocycles. The number of aryl methyl sites for hydroxylation is 1. The second kappa shape index (κ2) is 4.06. The molecule has 0 unspecified atom stereocenters. The highest BCUT2D eigenvalue weighted by atomic mass is 32.1. The second-order valence-corrected chi connectivity index (χ2v) is 4.98. The van der Waals surface area contributed by atoms with E-state index in [1.807, 2.05) is 13.1 Å². The molecule has 1 aromatic carbocycles. The summed E-state index contributed by atoms with van der Waals surface area (Å²) >= 11 is 1.52. The number of imidazole rings is 1. The fourth-order valence-electron chi connectivity index (χ4n) is 1.76. The minimum atomic E-state index is -0.378. The Morgan fingerprint density at radius 1 is 1.39 bits per heavy atom. The van der Waals surface area contributed by atoms with Crippen LogP contribution in [0.25, 0.3) is 16.2 Å². The van der Waals surface area contributed by atoms with Crippen LogP contribution in [0.15, 0.2) is 24.4 Å². The third kappa shape index (κ3) is 1.74. The lowest BCUT2D eigenvalue weighted by molar-refractivity contribution is 0.387. The minimum absolute atomic E-state index is 0.216. The Balaban J connectivity index is 2.10. The molecule has 0 fully saturated rings. The van der Waals surface area contributed by atoms with Crippen molar-refractivity contribution >= 4 is 16.3 Å². The summed E-state index contributed by atoms with van der Waals surface area (Å²) in [6.45, 7) is 1.93. The van der Waals surface area contributed by atoms with Crippen LogP contribution in [0.1, 0.15) is 5.01 Å². The van der Waals surface area contributed by atoms with E-state index in [0.29, 0.717) is 0 Å². The normalized spacial score (nSPS) is 11.1.